The van der Waals surface area contributed by atoms with Gasteiger partial charge in [-0.2, -0.15) is 0 Å². The Morgan fingerprint density at radius 2 is 1.86 bits per heavy atom. The largest absolute Gasteiger partial charge is 0.423 e. The first kappa shape index (κ1) is 14.5. The number of hydrogen-bond donors (Lipinski definition) is 2. The topological polar surface area (TPSA) is 76.2 Å². The molecule has 0 unspecified atom stereocenters. The highest BCUT2D eigenvalue weighted by Gasteiger charge is 2.03. The Bertz CT molecular complexity index is 746. The molecule has 0 saturated heterocycles. The Labute approximate surface area is 123 Å². The van der Waals surface area contributed by atoms with Gasteiger partial charge in [-0.25, -0.2) is 4.79 Å². The molecule has 2 aromatic rings. The zero-order valence-electron chi connectivity index (χ0n) is 11.7. The van der Waals surface area contributed by atoms with Crippen molar-refractivity contribution in [2.24, 2.45) is 5.73 Å². The predicted octanol–water partition coefficient (Wildman–Crippen LogP) is 3.16. The fourth-order valence-corrected chi connectivity index (χ4v) is 1.85. The number of benzene rings is 2. The monoisotopic (exact) mass is 280 g/mol. The number of carbonyl (C=O) groups is 1. The summed E-state index contributed by atoms with van der Waals surface area (Å²) in [7, 11) is 0. The molecule has 21 heavy (non-hydrogen) atoms. The first-order valence-corrected chi connectivity index (χ1v) is 6.49. The summed E-state index contributed by atoms with van der Waals surface area (Å²) in [6.07, 6.45) is 6.57. The van der Waals surface area contributed by atoms with Crippen LogP contribution < -0.4 is 10.5 Å². The summed E-state index contributed by atoms with van der Waals surface area (Å²) in [6.45, 7) is 1.87. The van der Waals surface area contributed by atoms with Crippen LogP contribution in [0.4, 0.5) is 0 Å². The van der Waals surface area contributed by atoms with Crippen molar-refractivity contribution in [2.75, 3.05) is 0 Å². The zero-order chi connectivity index (χ0) is 15.2. The molecule has 0 aliphatic rings. The maximum Gasteiger partial charge on any atom is 0.336 e. The third kappa shape index (κ3) is 3.79. The molecular weight excluding hydrogens is 264 g/mol. The molecule has 0 saturated carbocycles. The van der Waals surface area contributed by atoms with E-state index in [1.165, 1.54) is 6.08 Å². The molecule has 4 nitrogen and oxygen atoms in total. The lowest BCUT2D eigenvalue weighted by atomic mass is 10.1. The van der Waals surface area contributed by atoms with Crippen molar-refractivity contribution in [1.82, 2.24) is 0 Å². The summed E-state index contributed by atoms with van der Waals surface area (Å²) in [6, 6.07) is 10.8. The third-order valence-electron chi connectivity index (χ3n) is 2.88. The van der Waals surface area contributed by atoms with Crippen LogP contribution in [0.25, 0.3) is 10.8 Å². The number of allylic oxidation sites excluding steroid dienone is 3. The van der Waals surface area contributed by atoms with E-state index in [1.54, 1.807) is 30.4 Å². The summed E-state index contributed by atoms with van der Waals surface area (Å²) in [5.74, 6) is 0.0857. The van der Waals surface area contributed by atoms with Crippen LogP contribution in [0.5, 0.6) is 5.75 Å². The summed E-state index contributed by atoms with van der Waals surface area (Å²) in [5.41, 5.74) is 6.13. The van der Waals surface area contributed by atoms with Crippen molar-refractivity contribution in [3.63, 3.8) is 0 Å². The van der Waals surface area contributed by atoms with Gasteiger partial charge >= 0.3 is 5.97 Å². The molecule has 4 heteroatoms. The van der Waals surface area contributed by atoms with Crippen LogP contribution in [0.3, 0.4) is 0 Å². The fourth-order valence-electron chi connectivity index (χ4n) is 1.85. The van der Waals surface area contributed by atoms with E-state index in [0.29, 0.717) is 11.3 Å². The van der Waals surface area contributed by atoms with E-state index in [1.807, 2.05) is 31.2 Å². The Kier molecular flexibility index (Phi) is 4.51. The average Bonchev–Trinajstić information content (AvgIpc) is 2.46. The van der Waals surface area contributed by atoms with Crippen LogP contribution in [0.1, 0.15) is 12.5 Å². The van der Waals surface area contributed by atoms with Crippen LogP contribution in [-0.4, -0.2) is 11.8 Å². The molecule has 0 atom stereocenters. The Morgan fingerprint density at radius 1 is 1.14 bits per heavy atom. The lowest BCUT2D eigenvalue weighted by Crippen LogP contribution is -2.10. The molecule has 0 bridgehead atoms. The molecule has 0 fully saturated rings. The van der Waals surface area contributed by atoms with Crippen molar-refractivity contribution in [2.45, 2.75) is 6.92 Å². The van der Waals surface area contributed by atoms with E-state index < -0.39 is 5.97 Å². The molecule has 0 amide bonds. The average molecular weight is 280 g/mol. The number of carbonyl (C=O) groups excluding carboxylic acids is 1. The minimum absolute atomic E-state index is 0.0292. The number of nitrogen functional groups attached to an aromatic ring is 1. The molecule has 3 N–H and O–H groups in total. The van der Waals surface area contributed by atoms with E-state index in [9.17, 15) is 4.79 Å². The van der Waals surface area contributed by atoms with Gasteiger partial charge in [0.05, 0.1) is 0 Å². The van der Waals surface area contributed by atoms with Crippen LogP contribution >= 0.6 is 0 Å². The van der Waals surface area contributed by atoms with Crippen LogP contribution in [0, 0.1) is 5.41 Å². The number of rotatable bonds is 4. The quantitative estimate of drug-likeness (QED) is 0.225. The molecule has 0 spiro atoms. The van der Waals surface area contributed by atoms with E-state index >= 15 is 0 Å². The summed E-state index contributed by atoms with van der Waals surface area (Å²) in [5, 5.41) is 9.28. The molecule has 2 rings (SSSR count). The third-order valence-corrected chi connectivity index (χ3v) is 2.88. The SMILES string of the molecule is CC=CC=CC(=O)Oc1ccc2cc(C(=N)N)ccc2c1. The van der Waals surface area contributed by atoms with Gasteiger partial charge in [0.2, 0.25) is 0 Å². The molecule has 0 heterocycles. The molecule has 0 aliphatic carbocycles. The highest BCUT2D eigenvalue weighted by Crippen LogP contribution is 2.22. The minimum Gasteiger partial charge on any atom is -0.423 e. The van der Waals surface area contributed by atoms with Crippen molar-refractivity contribution < 1.29 is 9.53 Å². The van der Waals surface area contributed by atoms with Crippen LogP contribution in [-0.2, 0) is 4.79 Å². The molecule has 0 radical (unpaired) electrons. The molecular formula is C17H16N2O2. The first-order chi connectivity index (χ1) is 10.1. The lowest BCUT2D eigenvalue weighted by molar-refractivity contribution is -0.128. The Morgan fingerprint density at radius 3 is 2.57 bits per heavy atom. The van der Waals surface area contributed by atoms with Crippen molar-refractivity contribution in [1.29, 1.82) is 5.41 Å². The lowest BCUT2D eigenvalue weighted by Gasteiger charge is -2.05. The predicted molar refractivity (Wildman–Crippen MR) is 84.6 cm³/mol. The van der Waals surface area contributed by atoms with Gasteiger partial charge in [0.25, 0.3) is 0 Å². The highest BCUT2D eigenvalue weighted by molar-refractivity contribution is 5.99. The van der Waals surface area contributed by atoms with Gasteiger partial charge in [-0.15, -0.1) is 0 Å². The number of fused-ring (bicyclic) bond motifs is 1. The normalized spacial score (nSPS) is 11.3. The van der Waals surface area contributed by atoms with Gasteiger partial charge in [-0.05, 0) is 35.9 Å². The van der Waals surface area contributed by atoms with Crippen molar-refractivity contribution in [3.8, 4) is 5.75 Å². The number of hydrogen-bond acceptors (Lipinski definition) is 3. The zero-order valence-corrected chi connectivity index (χ0v) is 11.7. The summed E-state index contributed by atoms with van der Waals surface area (Å²) < 4.78 is 5.22. The summed E-state index contributed by atoms with van der Waals surface area (Å²) >= 11 is 0. The minimum atomic E-state index is -0.423. The van der Waals surface area contributed by atoms with Gasteiger partial charge in [0.1, 0.15) is 11.6 Å². The highest BCUT2D eigenvalue weighted by atomic mass is 16.5. The number of ether oxygens (including phenoxy) is 1. The molecule has 0 aliphatic heterocycles. The van der Waals surface area contributed by atoms with E-state index in [2.05, 4.69) is 0 Å². The van der Waals surface area contributed by atoms with Gasteiger partial charge < -0.3 is 10.5 Å². The standard InChI is InChI=1S/C17H16N2O2/c1-2-3-4-5-16(20)21-15-9-8-12-10-14(17(18)19)7-6-13(12)11-15/h2-11H,1H3,(H3,18,19). The maximum atomic E-state index is 11.6. The first-order valence-electron chi connectivity index (χ1n) is 6.49. The Balaban J connectivity index is 2.21. The second-order valence-corrected chi connectivity index (χ2v) is 4.44. The van der Waals surface area contributed by atoms with Crippen LogP contribution in [0.15, 0.2) is 60.7 Å². The smallest absolute Gasteiger partial charge is 0.336 e. The van der Waals surface area contributed by atoms with E-state index in [-0.39, 0.29) is 5.84 Å². The van der Waals surface area contributed by atoms with E-state index in [0.717, 1.165) is 10.8 Å². The summed E-state index contributed by atoms with van der Waals surface area (Å²) in [4.78, 5) is 11.6. The molecule has 106 valence electrons. The number of esters is 1. The van der Waals surface area contributed by atoms with E-state index in [4.69, 9.17) is 15.9 Å². The molecule has 0 aromatic heterocycles. The van der Waals surface area contributed by atoms with Crippen LogP contribution in [0.2, 0.25) is 0 Å². The number of nitrogens with one attached hydrogen (secondary N) is 1. The Hall–Kier alpha value is -2.88. The van der Waals surface area contributed by atoms with Gasteiger partial charge in [0.15, 0.2) is 0 Å². The second-order valence-electron chi connectivity index (χ2n) is 4.44. The van der Waals surface area contributed by atoms with Gasteiger partial charge in [-0.1, -0.05) is 36.4 Å². The molecule has 2 aromatic carbocycles. The van der Waals surface area contributed by atoms with Crippen molar-refractivity contribution in [3.05, 3.63) is 66.3 Å². The van der Waals surface area contributed by atoms with Gasteiger partial charge in [0, 0.05) is 11.6 Å². The number of amidine groups is 1. The van der Waals surface area contributed by atoms with Crippen molar-refractivity contribution >= 4 is 22.6 Å². The fraction of sp³-hybridized carbons (Fsp3) is 0.0588. The number of nitrogens with two attached hydrogens (primary N) is 1. The second kappa shape index (κ2) is 6.52. The van der Waals surface area contributed by atoms with Gasteiger partial charge in [-0.3, -0.25) is 5.41 Å². The maximum absolute atomic E-state index is 11.6.